The Morgan fingerprint density at radius 2 is 2.00 bits per heavy atom. The molecule has 9 heteroatoms. The standard InChI is InChI=1S/C23H25N7O2/c1-2-3-6-16-14-30(20-11-21(20)31)23(32)29(16)13-15-12-24-10-9-17(15)18-7-4-5-8-19(18)22-25-27-28-26-22/h4-5,7-10,12,14,20-21,31H,2-3,6,11,13H2,1H3,(H,25,26,27,28). The Bertz CT molecular complexity index is 1280. The van der Waals surface area contributed by atoms with Crippen molar-refractivity contribution in [1.29, 1.82) is 0 Å². The number of aromatic amines is 1. The van der Waals surface area contributed by atoms with Crippen molar-refractivity contribution in [3.63, 3.8) is 0 Å². The van der Waals surface area contributed by atoms with E-state index in [1.165, 1.54) is 0 Å². The number of tetrazole rings is 1. The Kier molecular flexibility index (Phi) is 5.40. The second kappa shape index (κ2) is 8.51. The van der Waals surface area contributed by atoms with Gasteiger partial charge in [0.05, 0.1) is 18.7 Å². The van der Waals surface area contributed by atoms with Crippen LogP contribution >= 0.6 is 0 Å². The van der Waals surface area contributed by atoms with Crippen LogP contribution in [0.1, 0.15) is 43.5 Å². The van der Waals surface area contributed by atoms with Gasteiger partial charge in [-0.15, -0.1) is 10.2 Å². The van der Waals surface area contributed by atoms with Crippen LogP contribution in [0, 0.1) is 0 Å². The van der Waals surface area contributed by atoms with Crippen LogP contribution < -0.4 is 5.69 Å². The number of nitrogens with one attached hydrogen (secondary N) is 1. The average Bonchev–Trinajstić information content (AvgIpc) is 3.20. The summed E-state index contributed by atoms with van der Waals surface area (Å²) in [5.41, 5.74) is 4.60. The summed E-state index contributed by atoms with van der Waals surface area (Å²) < 4.78 is 3.51. The predicted molar refractivity (Wildman–Crippen MR) is 119 cm³/mol. The maximum atomic E-state index is 13.2. The number of H-pyrrole nitrogens is 1. The molecule has 1 aliphatic rings. The molecule has 1 aromatic carbocycles. The van der Waals surface area contributed by atoms with E-state index in [1.807, 2.05) is 47.3 Å². The number of nitrogens with zero attached hydrogens (tertiary/aromatic N) is 6. The lowest BCUT2D eigenvalue weighted by molar-refractivity contribution is 0.258. The zero-order chi connectivity index (χ0) is 22.1. The number of aliphatic hydroxyl groups excluding tert-OH is 1. The maximum absolute atomic E-state index is 13.2. The van der Waals surface area contributed by atoms with Crippen LogP contribution in [0.4, 0.5) is 0 Å². The summed E-state index contributed by atoms with van der Waals surface area (Å²) in [6.45, 7) is 2.54. The van der Waals surface area contributed by atoms with Crippen molar-refractivity contribution in [3.05, 3.63) is 70.7 Å². The van der Waals surface area contributed by atoms with Crippen molar-refractivity contribution in [2.45, 2.75) is 51.3 Å². The van der Waals surface area contributed by atoms with Gasteiger partial charge in [-0.25, -0.2) is 4.79 Å². The first-order chi connectivity index (χ1) is 15.7. The van der Waals surface area contributed by atoms with Gasteiger partial charge in [0.15, 0.2) is 0 Å². The van der Waals surface area contributed by atoms with Crippen molar-refractivity contribution in [1.82, 2.24) is 34.7 Å². The lowest BCUT2D eigenvalue weighted by atomic mass is 9.96. The van der Waals surface area contributed by atoms with Gasteiger partial charge in [-0.1, -0.05) is 37.6 Å². The Labute approximate surface area is 184 Å². The number of unbranched alkanes of at least 4 members (excludes halogenated alkanes) is 1. The number of imidazole rings is 1. The summed E-state index contributed by atoms with van der Waals surface area (Å²) in [6.07, 6.45) is 8.53. The highest BCUT2D eigenvalue weighted by Gasteiger charge is 2.38. The first kappa shape index (κ1) is 20.3. The summed E-state index contributed by atoms with van der Waals surface area (Å²) in [7, 11) is 0. The molecule has 0 aliphatic heterocycles. The highest BCUT2D eigenvalue weighted by Crippen LogP contribution is 2.35. The molecule has 0 saturated heterocycles. The Hall–Kier alpha value is -3.59. The van der Waals surface area contributed by atoms with Gasteiger partial charge < -0.3 is 5.11 Å². The van der Waals surface area contributed by atoms with Crippen LogP contribution in [0.5, 0.6) is 0 Å². The quantitative estimate of drug-likeness (QED) is 0.443. The molecule has 9 nitrogen and oxygen atoms in total. The molecule has 0 amide bonds. The highest BCUT2D eigenvalue weighted by molar-refractivity contribution is 5.81. The fraction of sp³-hybridized carbons (Fsp3) is 0.348. The summed E-state index contributed by atoms with van der Waals surface area (Å²) in [5.74, 6) is 0.512. The average molecular weight is 432 g/mol. The Morgan fingerprint density at radius 3 is 2.72 bits per heavy atom. The van der Waals surface area contributed by atoms with E-state index >= 15 is 0 Å². The largest absolute Gasteiger partial charge is 0.391 e. The molecule has 0 radical (unpaired) electrons. The van der Waals surface area contributed by atoms with Gasteiger partial charge in [0, 0.05) is 29.8 Å². The SMILES string of the molecule is CCCCc1cn(C2CC2O)c(=O)n1Cc1cnccc1-c1ccccc1-c1nn[nH]n1. The van der Waals surface area contributed by atoms with E-state index in [4.69, 9.17) is 0 Å². The van der Waals surface area contributed by atoms with Gasteiger partial charge in [0.2, 0.25) is 5.82 Å². The van der Waals surface area contributed by atoms with Crippen LogP contribution in [0.25, 0.3) is 22.5 Å². The number of hydrogen-bond acceptors (Lipinski definition) is 6. The van der Waals surface area contributed by atoms with E-state index in [1.54, 1.807) is 10.8 Å². The smallest absolute Gasteiger partial charge is 0.329 e. The van der Waals surface area contributed by atoms with Crippen LogP contribution in [-0.4, -0.2) is 46.0 Å². The minimum absolute atomic E-state index is 0.0843. The van der Waals surface area contributed by atoms with Crippen LogP contribution in [-0.2, 0) is 13.0 Å². The molecule has 1 fully saturated rings. The van der Waals surface area contributed by atoms with Crippen molar-refractivity contribution < 1.29 is 5.11 Å². The first-order valence-electron chi connectivity index (χ1n) is 10.9. The number of aryl methyl sites for hydroxylation is 1. The van der Waals surface area contributed by atoms with E-state index < -0.39 is 6.10 Å². The molecule has 2 atom stereocenters. The minimum atomic E-state index is -0.432. The molecule has 4 aromatic rings. The predicted octanol–water partition coefficient (Wildman–Crippen LogP) is 2.59. The van der Waals surface area contributed by atoms with Crippen molar-refractivity contribution in [2.24, 2.45) is 0 Å². The fourth-order valence-corrected chi connectivity index (χ4v) is 4.15. The van der Waals surface area contributed by atoms with Crippen molar-refractivity contribution >= 4 is 0 Å². The third kappa shape index (κ3) is 3.75. The number of aromatic nitrogens is 7. The zero-order valence-corrected chi connectivity index (χ0v) is 17.8. The van der Waals surface area contributed by atoms with Gasteiger partial charge in [-0.2, -0.15) is 5.21 Å². The minimum Gasteiger partial charge on any atom is -0.391 e. The molecule has 164 valence electrons. The van der Waals surface area contributed by atoms with E-state index in [9.17, 15) is 9.90 Å². The van der Waals surface area contributed by atoms with Gasteiger partial charge in [-0.05, 0) is 47.2 Å². The molecule has 32 heavy (non-hydrogen) atoms. The number of rotatable bonds is 8. The third-order valence-corrected chi connectivity index (χ3v) is 5.99. The zero-order valence-electron chi connectivity index (χ0n) is 17.8. The highest BCUT2D eigenvalue weighted by atomic mass is 16.3. The van der Waals surface area contributed by atoms with E-state index in [0.29, 0.717) is 18.8 Å². The summed E-state index contributed by atoms with van der Waals surface area (Å²) in [4.78, 5) is 17.6. The molecule has 3 aromatic heterocycles. The normalized spacial score (nSPS) is 17.6. The summed E-state index contributed by atoms with van der Waals surface area (Å²) in [6, 6.07) is 9.70. The topological polar surface area (TPSA) is 115 Å². The fourth-order valence-electron chi connectivity index (χ4n) is 4.15. The molecule has 1 aliphatic carbocycles. The molecule has 1 saturated carbocycles. The van der Waals surface area contributed by atoms with Crippen LogP contribution in [0.15, 0.2) is 53.7 Å². The number of aliphatic hydroxyl groups is 1. The lowest BCUT2D eigenvalue weighted by Gasteiger charge is -2.13. The molecule has 0 bridgehead atoms. The first-order valence-corrected chi connectivity index (χ1v) is 10.9. The second-order valence-corrected chi connectivity index (χ2v) is 8.18. The van der Waals surface area contributed by atoms with Crippen LogP contribution in [0.3, 0.4) is 0 Å². The Morgan fingerprint density at radius 1 is 1.19 bits per heavy atom. The third-order valence-electron chi connectivity index (χ3n) is 5.99. The maximum Gasteiger partial charge on any atom is 0.329 e. The van der Waals surface area contributed by atoms with Gasteiger partial charge in [0.1, 0.15) is 0 Å². The van der Waals surface area contributed by atoms with Gasteiger partial charge >= 0.3 is 5.69 Å². The van der Waals surface area contributed by atoms with E-state index in [2.05, 4.69) is 32.5 Å². The molecule has 3 heterocycles. The van der Waals surface area contributed by atoms with Gasteiger partial charge in [-0.3, -0.25) is 14.1 Å². The molecule has 2 N–H and O–H groups in total. The van der Waals surface area contributed by atoms with E-state index in [-0.39, 0.29) is 11.7 Å². The summed E-state index contributed by atoms with van der Waals surface area (Å²) in [5, 5.41) is 24.4. The Balaban J connectivity index is 1.57. The summed E-state index contributed by atoms with van der Waals surface area (Å²) >= 11 is 0. The molecular formula is C23H25N7O2. The monoisotopic (exact) mass is 431 g/mol. The number of benzene rings is 1. The lowest BCUT2D eigenvalue weighted by Crippen LogP contribution is -2.26. The number of hydrogen-bond donors (Lipinski definition) is 2. The second-order valence-electron chi connectivity index (χ2n) is 8.18. The van der Waals surface area contributed by atoms with E-state index in [0.717, 1.165) is 47.2 Å². The molecule has 5 rings (SSSR count). The van der Waals surface area contributed by atoms with Crippen molar-refractivity contribution in [3.8, 4) is 22.5 Å². The van der Waals surface area contributed by atoms with Gasteiger partial charge in [0.25, 0.3) is 0 Å². The number of pyridine rings is 1. The van der Waals surface area contributed by atoms with Crippen molar-refractivity contribution in [2.75, 3.05) is 0 Å². The molecule has 0 spiro atoms. The molecular weight excluding hydrogens is 406 g/mol. The molecule has 2 unspecified atom stereocenters. The van der Waals surface area contributed by atoms with Crippen LogP contribution in [0.2, 0.25) is 0 Å².